The second-order valence-electron chi connectivity index (χ2n) is 4.43. The van der Waals surface area contributed by atoms with E-state index in [-0.39, 0.29) is 18.1 Å². The van der Waals surface area contributed by atoms with Crippen molar-refractivity contribution in [3.63, 3.8) is 0 Å². The SMILES string of the molecule is Nc1ncnn2cc(CO)c(-c3ccc([N+](=O)[O-])cc3)c12. The summed E-state index contributed by atoms with van der Waals surface area (Å²) in [5.74, 6) is 0.276. The Hall–Kier alpha value is -3.00. The number of nitro groups is 1. The lowest BCUT2D eigenvalue weighted by molar-refractivity contribution is -0.384. The third-order valence-corrected chi connectivity index (χ3v) is 3.22. The summed E-state index contributed by atoms with van der Waals surface area (Å²) in [6, 6.07) is 6.03. The van der Waals surface area contributed by atoms with Crippen LogP contribution in [0.4, 0.5) is 11.5 Å². The molecule has 21 heavy (non-hydrogen) atoms. The number of fused-ring (bicyclic) bond motifs is 1. The minimum absolute atomic E-state index is 0.00275. The number of nitrogens with zero attached hydrogens (tertiary/aromatic N) is 4. The number of nitro benzene ring substituents is 1. The van der Waals surface area contributed by atoms with Gasteiger partial charge in [0.2, 0.25) is 0 Å². The van der Waals surface area contributed by atoms with E-state index in [2.05, 4.69) is 10.1 Å². The molecule has 0 aliphatic heterocycles. The summed E-state index contributed by atoms with van der Waals surface area (Å²) >= 11 is 0. The van der Waals surface area contributed by atoms with Gasteiger partial charge < -0.3 is 10.8 Å². The number of aliphatic hydroxyl groups excluding tert-OH is 1. The molecule has 0 saturated heterocycles. The molecule has 0 radical (unpaired) electrons. The molecule has 0 aliphatic rings. The molecule has 8 heteroatoms. The number of aliphatic hydroxyl groups is 1. The minimum atomic E-state index is -0.466. The standard InChI is InChI=1S/C13H11N5O3/c14-13-12-11(8-1-3-10(4-2-8)18(20)21)9(6-19)5-17(12)16-7-15-13/h1-5,7,19H,6H2,(H2,14,15,16). The molecule has 8 nitrogen and oxygen atoms in total. The zero-order valence-corrected chi connectivity index (χ0v) is 10.8. The van der Waals surface area contributed by atoms with Gasteiger partial charge in [0.15, 0.2) is 5.82 Å². The first-order valence-electron chi connectivity index (χ1n) is 6.08. The summed E-state index contributed by atoms with van der Waals surface area (Å²) in [7, 11) is 0. The first kappa shape index (κ1) is 13.0. The van der Waals surface area contributed by atoms with Gasteiger partial charge in [0, 0.05) is 29.5 Å². The number of aromatic nitrogens is 3. The van der Waals surface area contributed by atoms with Crippen LogP contribution in [-0.2, 0) is 6.61 Å². The summed E-state index contributed by atoms with van der Waals surface area (Å²) < 4.78 is 1.53. The van der Waals surface area contributed by atoms with Crippen LogP contribution in [0, 0.1) is 10.1 Å². The van der Waals surface area contributed by atoms with Gasteiger partial charge in [-0.1, -0.05) is 0 Å². The second-order valence-corrected chi connectivity index (χ2v) is 4.43. The van der Waals surface area contributed by atoms with Crippen molar-refractivity contribution in [1.82, 2.24) is 14.6 Å². The van der Waals surface area contributed by atoms with Gasteiger partial charge in [-0.25, -0.2) is 9.50 Å². The largest absolute Gasteiger partial charge is 0.392 e. The first-order chi connectivity index (χ1) is 10.1. The third kappa shape index (κ3) is 2.07. The molecule has 3 rings (SSSR count). The van der Waals surface area contributed by atoms with Crippen molar-refractivity contribution in [2.24, 2.45) is 0 Å². The smallest absolute Gasteiger partial charge is 0.269 e. The Bertz CT molecular complexity index is 826. The molecule has 2 heterocycles. The molecule has 3 N–H and O–H groups in total. The lowest BCUT2D eigenvalue weighted by Crippen LogP contribution is -1.98. The van der Waals surface area contributed by atoms with E-state index >= 15 is 0 Å². The van der Waals surface area contributed by atoms with Crippen LogP contribution in [0.15, 0.2) is 36.8 Å². The lowest BCUT2D eigenvalue weighted by Gasteiger charge is -2.04. The maximum absolute atomic E-state index is 10.7. The second kappa shape index (κ2) is 4.84. The maximum atomic E-state index is 10.7. The van der Waals surface area contributed by atoms with E-state index in [4.69, 9.17) is 5.73 Å². The Labute approximate surface area is 118 Å². The molecule has 0 fully saturated rings. The molecule has 106 valence electrons. The van der Waals surface area contributed by atoms with Crippen LogP contribution >= 0.6 is 0 Å². The average Bonchev–Trinajstić information content (AvgIpc) is 2.87. The van der Waals surface area contributed by atoms with E-state index in [0.717, 1.165) is 0 Å². The molecule has 0 bridgehead atoms. The van der Waals surface area contributed by atoms with Crippen LogP contribution in [0.5, 0.6) is 0 Å². The number of hydrogen-bond acceptors (Lipinski definition) is 6. The van der Waals surface area contributed by atoms with E-state index in [0.29, 0.717) is 22.2 Å². The zero-order chi connectivity index (χ0) is 15.0. The summed E-state index contributed by atoms with van der Waals surface area (Å²) in [6.45, 7) is -0.199. The monoisotopic (exact) mass is 285 g/mol. The highest BCUT2D eigenvalue weighted by Gasteiger charge is 2.16. The fourth-order valence-corrected chi connectivity index (χ4v) is 2.28. The highest BCUT2D eigenvalue weighted by atomic mass is 16.6. The first-order valence-corrected chi connectivity index (χ1v) is 6.08. The van der Waals surface area contributed by atoms with Gasteiger partial charge in [-0.05, 0) is 17.7 Å². The Morgan fingerprint density at radius 1 is 1.33 bits per heavy atom. The minimum Gasteiger partial charge on any atom is -0.392 e. The van der Waals surface area contributed by atoms with Crippen molar-refractivity contribution < 1.29 is 10.0 Å². The van der Waals surface area contributed by atoms with E-state index in [1.54, 1.807) is 18.3 Å². The van der Waals surface area contributed by atoms with Gasteiger partial charge in [-0.15, -0.1) is 0 Å². The van der Waals surface area contributed by atoms with Crippen LogP contribution in [0.1, 0.15) is 5.56 Å². The molecule has 0 aliphatic carbocycles. The molecule has 0 spiro atoms. The molecule has 2 aromatic heterocycles. The van der Waals surface area contributed by atoms with Crippen LogP contribution in [0.25, 0.3) is 16.6 Å². The molecule has 0 saturated carbocycles. The predicted octanol–water partition coefficient (Wildman–Crippen LogP) is 1.38. The van der Waals surface area contributed by atoms with Crippen LogP contribution < -0.4 is 5.73 Å². The molecule has 0 atom stereocenters. The fourth-order valence-electron chi connectivity index (χ4n) is 2.28. The Morgan fingerprint density at radius 2 is 2.05 bits per heavy atom. The zero-order valence-electron chi connectivity index (χ0n) is 10.8. The number of hydrogen-bond donors (Lipinski definition) is 2. The predicted molar refractivity (Wildman–Crippen MR) is 75.4 cm³/mol. The number of rotatable bonds is 3. The van der Waals surface area contributed by atoms with Crippen LogP contribution in [0.3, 0.4) is 0 Å². The molecular weight excluding hydrogens is 274 g/mol. The number of anilines is 1. The normalized spacial score (nSPS) is 10.9. The quantitative estimate of drug-likeness (QED) is 0.554. The number of non-ortho nitro benzene ring substituents is 1. The van der Waals surface area contributed by atoms with Gasteiger partial charge >= 0.3 is 0 Å². The number of nitrogen functional groups attached to an aromatic ring is 1. The third-order valence-electron chi connectivity index (χ3n) is 3.22. The van der Waals surface area contributed by atoms with Crippen LogP contribution in [-0.4, -0.2) is 24.6 Å². The van der Waals surface area contributed by atoms with Gasteiger partial charge in [0.1, 0.15) is 11.8 Å². The van der Waals surface area contributed by atoms with Crippen LogP contribution in [0.2, 0.25) is 0 Å². The van der Waals surface area contributed by atoms with Gasteiger partial charge in [-0.3, -0.25) is 10.1 Å². The van der Waals surface area contributed by atoms with Crippen molar-refractivity contribution in [3.05, 3.63) is 52.5 Å². The fraction of sp³-hybridized carbons (Fsp3) is 0.0769. The summed E-state index contributed by atoms with van der Waals surface area (Å²) in [5.41, 5.74) is 8.44. The molecule has 3 aromatic rings. The highest BCUT2D eigenvalue weighted by molar-refractivity contribution is 5.90. The van der Waals surface area contributed by atoms with Crippen molar-refractivity contribution in [2.45, 2.75) is 6.61 Å². The van der Waals surface area contributed by atoms with Crippen molar-refractivity contribution in [1.29, 1.82) is 0 Å². The molecular formula is C13H11N5O3. The average molecular weight is 285 g/mol. The Balaban J connectivity index is 2.25. The topological polar surface area (TPSA) is 120 Å². The van der Waals surface area contributed by atoms with Gasteiger partial charge in [0.05, 0.1) is 11.5 Å². The summed E-state index contributed by atoms with van der Waals surface area (Å²) in [6.07, 6.45) is 2.98. The Morgan fingerprint density at radius 3 is 2.67 bits per heavy atom. The Kier molecular flexibility index (Phi) is 2.99. The lowest BCUT2D eigenvalue weighted by atomic mass is 10.0. The van der Waals surface area contributed by atoms with Gasteiger partial charge in [0.25, 0.3) is 5.69 Å². The van der Waals surface area contributed by atoms with E-state index in [9.17, 15) is 15.2 Å². The van der Waals surface area contributed by atoms with E-state index < -0.39 is 4.92 Å². The number of nitrogens with two attached hydrogens (primary N) is 1. The molecule has 1 aromatic carbocycles. The van der Waals surface area contributed by atoms with Crippen molar-refractivity contribution in [2.75, 3.05) is 5.73 Å². The van der Waals surface area contributed by atoms with E-state index in [1.165, 1.54) is 23.0 Å². The van der Waals surface area contributed by atoms with Crippen molar-refractivity contribution >= 4 is 17.0 Å². The highest BCUT2D eigenvalue weighted by Crippen LogP contribution is 2.33. The molecule has 0 amide bonds. The molecule has 0 unspecified atom stereocenters. The summed E-state index contributed by atoms with van der Waals surface area (Å²) in [5, 5.41) is 24.3. The van der Waals surface area contributed by atoms with Gasteiger partial charge in [-0.2, -0.15) is 5.10 Å². The summed E-state index contributed by atoms with van der Waals surface area (Å²) in [4.78, 5) is 14.2. The maximum Gasteiger partial charge on any atom is 0.269 e. The van der Waals surface area contributed by atoms with E-state index in [1.807, 2.05) is 0 Å². The van der Waals surface area contributed by atoms with Crippen molar-refractivity contribution in [3.8, 4) is 11.1 Å². The number of benzene rings is 1.